The Balaban J connectivity index is 1.48. The molecular weight excluding hydrogens is 788 g/mol. The monoisotopic (exact) mass is 842 g/mol. The number of aryl methyl sites for hydroxylation is 1. The first-order valence-electron chi connectivity index (χ1n) is 20.6. The maximum absolute atomic E-state index is 15.3. The highest BCUT2D eigenvalue weighted by molar-refractivity contribution is 6.31. The fourth-order valence-corrected chi connectivity index (χ4v) is 8.60. The maximum atomic E-state index is 15.3. The third kappa shape index (κ3) is 9.73. The van der Waals surface area contributed by atoms with Crippen LogP contribution in [0.5, 0.6) is 5.75 Å². The number of para-hydroxylation sites is 1. The zero-order valence-corrected chi connectivity index (χ0v) is 35.8. The Morgan fingerprint density at radius 2 is 1.67 bits per heavy atom. The molecule has 0 bridgehead atoms. The Bertz CT molecular complexity index is 2190. The number of likely N-dealkylation sites (tertiary alicyclic amines) is 1. The zero-order chi connectivity index (χ0) is 43.3. The van der Waals surface area contributed by atoms with E-state index in [2.05, 4.69) is 4.98 Å². The minimum Gasteiger partial charge on any atom is -0.508 e. The van der Waals surface area contributed by atoms with Crippen molar-refractivity contribution >= 4 is 52.2 Å². The number of phenolic OH excluding ortho intramolecular Hbond substituents is 1. The molecule has 0 radical (unpaired) electrons. The van der Waals surface area contributed by atoms with E-state index in [1.165, 1.54) is 15.9 Å². The van der Waals surface area contributed by atoms with Crippen LogP contribution in [0.2, 0.25) is 5.02 Å². The molecule has 60 heavy (non-hydrogen) atoms. The summed E-state index contributed by atoms with van der Waals surface area (Å²) in [6.07, 6.45) is 1.11. The van der Waals surface area contributed by atoms with Crippen molar-refractivity contribution in [1.82, 2.24) is 19.7 Å². The number of carbonyl (C=O) groups excluding carboxylic acids is 5. The third-order valence-electron chi connectivity index (χ3n) is 10.9. The Kier molecular flexibility index (Phi) is 13.8. The van der Waals surface area contributed by atoms with Crippen molar-refractivity contribution in [2.75, 3.05) is 6.61 Å². The van der Waals surface area contributed by atoms with Crippen LogP contribution in [0.25, 0.3) is 10.8 Å². The number of nitrogens with one attached hydrogen (secondary N) is 1. The fourth-order valence-electron chi connectivity index (χ4n) is 8.36. The lowest BCUT2D eigenvalue weighted by atomic mass is 9.84. The van der Waals surface area contributed by atoms with Crippen LogP contribution in [0, 0.1) is 5.92 Å². The number of fused-ring (bicyclic) bond motifs is 1. The van der Waals surface area contributed by atoms with Crippen molar-refractivity contribution in [2.45, 2.75) is 123 Å². The molecule has 1 aromatic heterocycles. The molecule has 0 saturated carbocycles. The summed E-state index contributed by atoms with van der Waals surface area (Å²) < 4.78 is 17.0. The van der Waals surface area contributed by atoms with Crippen molar-refractivity contribution in [1.29, 1.82) is 0 Å². The van der Waals surface area contributed by atoms with Gasteiger partial charge < -0.3 is 34.1 Å². The van der Waals surface area contributed by atoms with E-state index in [-0.39, 0.29) is 44.1 Å². The van der Waals surface area contributed by atoms with Crippen LogP contribution in [0.15, 0.2) is 79.0 Å². The number of carbonyl (C=O) groups is 5. The number of aromatic nitrogens is 1. The van der Waals surface area contributed by atoms with Gasteiger partial charge in [-0.1, -0.05) is 67.9 Å². The number of benzene rings is 3. The molecule has 5 atom stereocenters. The Hall–Kier alpha value is -5.56. The summed E-state index contributed by atoms with van der Waals surface area (Å²) in [4.78, 5) is 79.1. The quantitative estimate of drug-likeness (QED) is 0.0646. The van der Waals surface area contributed by atoms with Gasteiger partial charge in [-0.15, -0.1) is 0 Å². The average Bonchev–Trinajstić information content (AvgIpc) is 3.80. The molecule has 5 unspecified atom stereocenters. The lowest BCUT2D eigenvalue weighted by Gasteiger charge is -2.54. The lowest BCUT2D eigenvalue weighted by Crippen LogP contribution is -2.74. The maximum Gasteiger partial charge on any atom is 0.412 e. The van der Waals surface area contributed by atoms with Crippen molar-refractivity contribution in [2.24, 2.45) is 5.92 Å². The number of amides is 3. The summed E-state index contributed by atoms with van der Waals surface area (Å²) in [5.74, 6) is -2.00. The molecule has 3 amide bonds. The minimum absolute atomic E-state index is 0.0259. The van der Waals surface area contributed by atoms with Gasteiger partial charge in [0, 0.05) is 34.5 Å². The Labute approximate surface area is 355 Å². The van der Waals surface area contributed by atoms with Crippen molar-refractivity contribution < 1.29 is 43.3 Å². The van der Waals surface area contributed by atoms with E-state index < -0.39 is 65.8 Å². The number of esters is 2. The summed E-state index contributed by atoms with van der Waals surface area (Å²) in [5.41, 5.74) is 1.02. The lowest BCUT2D eigenvalue weighted by molar-refractivity contribution is -0.179. The minimum atomic E-state index is -1.21. The van der Waals surface area contributed by atoms with Crippen LogP contribution in [0.1, 0.15) is 96.6 Å². The Morgan fingerprint density at radius 1 is 0.933 bits per heavy atom. The number of halogens is 1. The van der Waals surface area contributed by atoms with Crippen LogP contribution < -0.4 is 0 Å². The van der Waals surface area contributed by atoms with Crippen molar-refractivity contribution in [3.8, 4) is 5.75 Å². The smallest absolute Gasteiger partial charge is 0.412 e. The van der Waals surface area contributed by atoms with Gasteiger partial charge in [0.25, 0.3) is 0 Å². The highest BCUT2D eigenvalue weighted by atomic mass is 35.5. The SMILES string of the molecule is CCOC(=O)C(CC(C)C)N1C(=O)C(N2C(=O)C(CCCC(=O)OC(C)(C)C)N(C(=O)OCc3ccccc3O)C2c2cc(Cl)cc3ccccc23)C1CCc1ccc[nH]1. The van der Waals surface area contributed by atoms with E-state index in [1.54, 1.807) is 62.9 Å². The molecule has 2 aliphatic heterocycles. The number of hydrogen-bond donors (Lipinski definition) is 2. The molecule has 13 nitrogen and oxygen atoms in total. The second-order valence-electron chi connectivity index (χ2n) is 16.8. The van der Waals surface area contributed by atoms with Gasteiger partial charge in [-0.2, -0.15) is 0 Å². The first-order chi connectivity index (χ1) is 28.6. The van der Waals surface area contributed by atoms with Gasteiger partial charge in [0.05, 0.1) is 12.6 Å². The number of phenols is 1. The number of hydrogen-bond acceptors (Lipinski definition) is 9. The number of aromatic hydroxyl groups is 1. The first kappa shape index (κ1) is 44.0. The van der Waals surface area contributed by atoms with Gasteiger partial charge in [-0.05, 0) is 107 Å². The van der Waals surface area contributed by atoms with Crippen LogP contribution in [0.4, 0.5) is 4.79 Å². The van der Waals surface area contributed by atoms with Crippen LogP contribution in [0.3, 0.4) is 0 Å². The molecule has 0 aliphatic carbocycles. The van der Waals surface area contributed by atoms with Crippen LogP contribution >= 0.6 is 11.6 Å². The van der Waals surface area contributed by atoms with Gasteiger partial charge in [0.15, 0.2) is 0 Å². The molecule has 320 valence electrons. The van der Waals surface area contributed by atoms with Gasteiger partial charge in [0.1, 0.15) is 42.2 Å². The highest BCUT2D eigenvalue weighted by Crippen LogP contribution is 2.46. The molecule has 3 heterocycles. The van der Waals surface area contributed by atoms with Crippen LogP contribution in [-0.2, 0) is 46.4 Å². The molecule has 2 aliphatic rings. The number of nitrogens with zero attached hydrogens (tertiary/aromatic N) is 3. The number of H-pyrrole nitrogens is 1. The summed E-state index contributed by atoms with van der Waals surface area (Å²) in [7, 11) is 0. The Morgan fingerprint density at radius 3 is 2.35 bits per heavy atom. The van der Waals surface area contributed by atoms with E-state index in [0.717, 1.165) is 11.1 Å². The standard InChI is InChI=1S/C46H55ClN4O9/c1-7-58-44(56)37(24-28(2)3)49-35(22-21-32-16-13-23-48-32)40(43(49)55)51-41(34-26-31(47)25-29-14-8-10-17-33(29)34)50(45(57)59-27-30-15-9-11-19-38(30)52)36(42(51)54)18-12-20-39(53)60-46(4,5)6/h8-11,13-17,19,23,25-26,28,35-37,40-41,48,52H,7,12,18,20-22,24,27H2,1-6H3. The summed E-state index contributed by atoms with van der Waals surface area (Å²) in [6, 6.07) is 17.3. The molecule has 2 saturated heterocycles. The number of ether oxygens (including phenoxy) is 3. The second-order valence-corrected chi connectivity index (χ2v) is 17.2. The van der Waals surface area contributed by atoms with E-state index in [4.69, 9.17) is 25.8 Å². The summed E-state index contributed by atoms with van der Waals surface area (Å²) >= 11 is 6.80. The van der Waals surface area contributed by atoms with Gasteiger partial charge >= 0.3 is 18.0 Å². The summed E-state index contributed by atoms with van der Waals surface area (Å²) in [5, 5.41) is 12.3. The molecular formula is C46H55ClN4O9. The molecule has 6 rings (SSSR count). The summed E-state index contributed by atoms with van der Waals surface area (Å²) in [6.45, 7) is 10.8. The van der Waals surface area contributed by atoms with Crippen LogP contribution in [-0.4, -0.2) is 91.0 Å². The highest BCUT2D eigenvalue weighted by Gasteiger charge is 2.62. The topological polar surface area (TPSA) is 159 Å². The van der Waals surface area contributed by atoms with Crippen molar-refractivity contribution in [3.05, 3.63) is 101 Å². The van der Waals surface area contributed by atoms with E-state index in [9.17, 15) is 24.3 Å². The number of β-lactam (4-membered cyclic amide) rings is 1. The van der Waals surface area contributed by atoms with Gasteiger partial charge in [-0.3, -0.25) is 19.3 Å². The van der Waals surface area contributed by atoms with Gasteiger partial charge in [-0.25, -0.2) is 9.59 Å². The first-order valence-corrected chi connectivity index (χ1v) is 21.0. The largest absolute Gasteiger partial charge is 0.508 e. The average molecular weight is 843 g/mol. The zero-order valence-electron chi connectivity index (χ0n) is 35.1. The molecule has 4 aromatic rings. The molecule has 2 N–H and O–H groups in total. The molecule has 2 fully saturated rings. The molecule has 0 spiro atoms. The normalized spacial score (nSPS) is 19.8. The van der Waals surface area contributed by atoms with E-state index in [0.29, 0.717) is 40.8 Å². The van der Waals surface area contributed by atoms with E-state index >= 15 is 4.79 Å². The number of aromatic amines is 1. The second kappa shape index (κ2) is 18.8. The number of rotatable bonds is 16. The van der Waals surface area contributed by atoms with E-state index in [1.807, 2.05) is 56.4 Å². The van der Waals surface area contributed by atoms with Gasteiger partial charge in [0.2, 0.25) is 11.8 Å². The van der Waals surface area contributed by atoms with Crippen molar-refractivity contribution in [3.63, 3.8) is 0 Å². The molecule has 3 aromatic carbocycles. The molecule has 14 heteroatoms. The fraction of sp³-hybridized carbons (Fsp3) is 0.457. The third-order valence-corrected chi connectivity index (χ3v) is 11.1. The predicted molar refractivity (Wildman–Crippen MR) is 226 cm³/mol. The predicted octanol–water partition coefficient (Wildman–Crippen LogP) is 8.08.